The summed E-state index contributed by atoms with van der Waals surface area (Å²) in [6.07, 6.45) is 3.22. The molecule has 0 aliphatic heterocycles. The number of aromatic nitrogens is 2. The molecule has 9 heteroatoms. The van der Waals surface area contributed by atoms with Gasteiger partial charge in [-0.1, -0.05) is 53.0 Å². The van der Waals surface area contributed by atoms with Crippen molar-refractivity contribution in [3.8, 4) is 5.75 Å². The van der Waals surface area contributed by atoms with Crippen LogP contribution in [-0.4, -0.2) is 15.7 Å². The lowest BCUT2D eigenvalue weighted by Gasteiger charge is -2.09. The van der Waals surface area contributed by atoms with E-state index in [9.17, 15) is 4.79 Å². The number of amides is 1. The van der Waals surface area contributed by atoms with E-state index in [2.05, 4.69) is 10.4 Å². The fourth-order valence-electron chi connectivity index (χ4n) is 3.07. The van der Waals surface area contributed by atoms with Gasteiger partial charge in [0, 0.05) is 21.8 Å². The standard InChI is InChI=1S/C23H18Cl3N3O3/c1-14-4-2-7-20(26)22(14)31-13-16-8-9-21(32-16)23(30)28-15-10-27-29(11-15)12-17-18(24)5-3-6-19(17)25/h2-11H,12-13H2,1H3,(H,28,30). The summed E-state index contributed by atoms with van der Waals surface area (Å²) < 4.78 is 13.0. The molecule has 2 heterocycles. The molecule has 1 amide bonds. The van der Waals surface area contributed by atoms with Gasteiger partial charge in [-0.05, 0) is 42.8 Å². The summed E-state index contributed by atoms with van der Waals surface area (Å²) in [5, 5.41) is 8.62. The maximum Gasteiger partial charge on any atom is 0.291 e. The second kappa shape index (κ2) is 9.69. The monoisotopic (exact) mass is 489 g/mol. The molecule has 0 aliphatic rings. The van der Waals surface area contributed by atoms with E-state index in [1.807, 2.05) is 19.1 Å². The minimum Gasteiger partial charge on any atom is -0.484 e. The van der Waals surface area contributed by atoms with Crippen LogP contribution >= 0.6 is 34.8 Å². The number of nitrogens with one attached hydrogen (secondary N) is 1. The van der Waals surface area contributed by atoms with Crippen molar-refractivity contribution in [1.29, 1.82) is 0 Å². The van der Waals surface area contributed by atoms with Gasteiger partial charge in [0.1, 0.15) is 18.1 Å². The molecule has 4 rings (SSSR count). The fraction of sp³-hybridized carbons (Fsp3) is 0.130. The second-order valence-electron chi connectivity index (χ2n) is 7.02. The first-order valence-corrected chi connectivity index (χ1v) is 10.8. The highest BCUT2D eigenvalue weighted by atomic mass is 35.5. The third-order valence-corrected chi connectivity index (χ3v) is 5.69. The van der Waals surface area contributed by atoms with Crippen LogP contribution < -0.4 is 10.1 Å². The van der Waals surface area contributed by atoms with E-state index in [0.717, 1.165) is 11.1 Å². The van der Waals surface area contributed by atoms with Crippen molar-refractivity contribution in [1.82, 2.24) is 9.78 Å². The van der Waals surface area contributed by atoms with Gasteiger partial charge in [0.25, 0.3) is 5.91 Å². The Labute approximate surface area is 199 Å². The Morgan fingerprint density at radius 1 is 1.06 bits per heavy atom. The summed E-state index contributed by atoms with van der Waals surface area (Å²) in [6, 6.07) is 14.1. The Balaban J connectivity index is 1.37. The number of hydrogen-bond donors (Lipinski definition) is 1. The van der Waals surface area contributed by atoms with Crippen molar-refractivity contribution in [3.05, 3.63) is 98.6 Å². The molecule has 2 aromatic carbocycles. The summed E-state index contributed by atoms with van der Waals surface area (Å²) in [4.78, 5) is 12.5. The summed E-state index contributed by atoms with van der Waals surface area (Å²) in [5.41, 5.74) is 2.18. The fourth-order valence-corrected chi connectivity index (χ4v) is 3.87. The Bertz CT molecular complexity index is 1230. The van der Waals surface area contributed by atoms with Gasteiger partial charge in [0.2, 0.25) is 0 Å². The van der Waals surface area contributed by atoms with Crippen molar-refractivity contribution in [2.75, 3.05) is 5.32 Å². The zero-order chi connectivity index (χ0) is 22.7. The van der Waals surface area contributed by atoms with Crippen molar-refractivity contribution in [2.24, 2.45) is 0 Å². The first-order chi connectivity index (χ1) is 15.4. The SMILES string of the molecule is Cc1cccc(Cl)c1OCc1ccc(C(=O)Nc2cnn(Cc3c(Cl)cccc3Cl)c2)o1. The number of anilines is 1. The summed E-state index contributed by atoms with van der Waals surface area (Å²) in [7, 11) is 0. The number of carbonyl (C=O) groups is 1. The summed E-state index contributed by atoms with van der Waals surface area (Å²) in [5.74, 6) is 0.836. The van der Waals surface area contributed by atoms with E-state index in [4.69, 9.17) is 44.0 Å². The quantitative estimate of drug-likeness (QED) is 0.316. The molecule has 0 saturated carbocycles. The number of halogens is 3. The van der Waals surface area contributed by atoms with Gasteiger partial charge in [-0.25, -0.2) is 0 Å². The van der Waals surface area contributed by atoms with E-state index in [1.165, 1.54) is 6.20 Å². The first-order valence-electron chi connectivity index (χ1n) is 9.64. The second-order valence-corrected chi connectivity index (χ2v) is 8.24. The van der Waals surface area contributed by atoms with Crippen molar-refractivity contribution < 1.29 is 13.9 Å². The Kier molecular flexibility index (Phi) is 6.74. The Morgan fingerprint density at radius 3 is 2.53 bits per heavy atom. The topological polar surface area (TPSA) is 69.3 Å². The number of benzene rings is 2. The number of para-hydroxylation sites is 1. The zero-order valence-corrected chi connectivity index (χ0v) is 19.2. The van der Waals surface area contributed by atoms with Crippen LogP contribution in [0.5, 0.6) is 5.75 Å². The van der Waals surface area contributed by atoms with E-state index >= 15 is 0 Å². The zero-order valence-electron chi connectivity index (χ0n) is 16.9. The number of carbonyl (C=O) groups excluding carboxylic acids is 1. The minimum atomic E-state index is -0.402. The normalized spacial score (nSPS) is 10.9. The van der Waals surface area contributed by atoms with Crippen LogP contribution in [0.15, 0.2) is 65.3 Å². The van der Waals surface area contributed by atoms with Crippen molar-refractivity contribution >= 4 is 46.4 Å². The highest BCUT2D eigenvalue weighted by Crippen LogP contribution is 2.29. The maximum atomic E-state index is 12.5. The predicted molar refractivity (Wildman–Crippen MR) is 125 cm³/mol. The molecule has 2 aromatic heterocycles. The molecule has 1 N–H and O–H groups in total. The van der Waals surface area contributed by atoms with E-state index in [-0.39, 0.29) is 12.4 Å². The van der Waals surface area contributed by atoms with Gasteiger partial charge in [-0.2, -0.15) is 5.10 Å². The molecule has 0 bridgehead atoms. The highest BCUT2D eigenvalue weighted by Gasteiger charge is 2.14. The van der Waals surface area contributed by atoms with Crippen LogP contribution in [0.25, 0.3) is 0 Å². The van der Waals surface area contributed by atoms with E-state index in [0.29, 0.717) is 38.8 Å². The number of nitrogens with zero attached hydrogens (tertiary/aromatic N) is 2. The van der Waals surface area contributed by atoms with Crippen LogP contribution in [-0.2, 0) is 13.2 Å². The van der Waals surface area contributed by atoms with Gasteiger partial charge in [0.15, 0.2) is 5.76 Å². The molecule has 0 spiro atoms. The van der Waals surface area contributed by atoms with Gasteiger partial charge >= 0.3 is 0 Å². The molecule has 0 unspecified atom stereocenters. The molecular weight excluding hydrogens is 473 g/mol. The molecule has 164 valence electrons. The van der Waals surface area contributed by atoms with Gasteiger partial charge < -0.3 is 14.5 Å². The van der Waals surface area contributed by atoms with Crippen LogP contribution in [0.2, 0.25) is 15.1 Å². The van der Waals surface area contributed by atoms with Crippen LogP contribution in [0, 0.1) is 6.92 Å². The van der Waals surface area contributed by atoms with Crippen LogP contribution in [0.1, 0.15) is 27.4 Å². The van der Waals surface area contributed by atoms with E-state index in [1.54, 1.807) is 47.3 Å². The average molecular weight is 491 g/mol. The predicted octanol–water partition coefficient (Wildman–Crippen LogP) is 6.62. The largest absolute Gasteiger partial charge is 0.484 e. The number of aryl methyl sites for hydroxylation is 1. The van der Waals surface area contributed by atoms with Crippen molar-refractivity contribution in [2.45, 2.75) is 20.1 Å². The number of ether oxygens (including phenoxy) is 1. The van der Waals surface area contributed by atoms with Gasteiger partial charge in [-0.15, -0.1) is 0 Å². The molecule has 6 nitrogen and oxygen atoms in total. The molecule has 0 saturated heterocycles. The van der Waals surface area contributed by atoms with E-state index < -0.39 is 5.91 Å². The van der Waals surface area contributed by atoms with Gasteiger partial charge in [-0.3, -0.25) is 9.48 Å². The molecule has 0 atom stereocenters. The molecule has 0 radical (unpaired) electrons. The number of hydrogen-bond acceptors (Lipinski definition) is 4. The lowest BCUT2D eigenvalue weighted by atomic mass is 10.2. The van der Waals surface area contributed by atoms with Gasteiger partial charge in [0.05, 0.1) is 23.5 Å². The van der Waals surface area contributed by atoms with Crippen LogP contribution in [0.3, 0.4) is 0 Å². The smallest absolute Gasteiger partial charge is 0.291 e. The molecule has 0 fully saturated rings. The summed E-state index contributed by atoms with van der Waals surface area (Å²) in [6.45, 7) is 2.43. The Hall–Kier alpha value is -2.93. The van der Waals surface area contributed by atoms with Crippen LogP contribution in [0.4, 0.5) is 5.69 Å². The molecule has 32 heavy (non-hydrogen) atoms. The third-order valence-electron chi connectivity index (χ3n) is 4.68. The summed E-state index contributed by atoms with van der Waals surface area (Å²) >= 11 is 18.6. The highest BCUT2D eigenvalue weighted by molar-refractivity contribution is 6.36. The lowest BCUT2D eigenvalue weighted by Crippen LogP contribution is -2.10. The first kappa shape index (κ1) is 22.3. The molecular formula is C23H18Cl3N3O3. The number of furan rings is 1. The maximum absolute atomic E-state index is 12.5. The number of rotatable bonds is 7. The minimum absolute atomic E-state index is 0.147. The third kappa shape index (κ3) is 5.10. The van der Waals surface area contributed by atoms with Crippen molar-refractivity contribution in [3.63, 3.8) is 0 Å². The molecule has 0 aliphatic carbocycles. The lowest BCUT2D eigenvalue weighted by molar-refractivity contribution is 0.0992. The Morgan fingerprint density at radius 2 is 1.78 bits per heavy atom. The average Bonchev–Trinajstić information content (AvgIpc) is 3.40. The molecule has 4 aromatic rings.